The molecule has 0 aliphatic heterocycles. The summed E-state index contributed by atoms with van der Waals surface area (Å²) in [4.78, 5) is 15.9. The third-order valence-corrected chi connectivity index (χ3v) is 4.88. The van der Waals surface area contributed by atoms with Crippen LogP contribution in [0.25, 0.3) is 10.9 Å². The van der Waals surface area contributed by atoms with Gasteiger partial charge in [-0.1, -0.05) is 29.8 Å². The Bertz CT molecular complexity index is 924. The number of carbonyl (C=O) groups excluding carboxylic acids is 1. The second-order valence-electron chi connectivity index (χ2n) is 6.65. The maximum absolute atomic E-state index is 13.4. The fraction of sp³-hybridized carbons (Fsp3) is 0.250. The molecule has 0 bridgehead atoms. The summed E-state index contributed by atoms with van der Waals surface area (Å²) in [6.45, 7) is 2.57. The first-order chi connectivity index (χ1) is 11.6. The van der Waals surface area contributed by atoms with Crippen molar-refractivity contribution in [2.24, 2.45) is 0 Å². The van der Waals surface area contributed by atoms with Crippen molar-refractivity contribution < 1.29 is 9.18 Å². The third-order valence-electron chi connectivity index (χ3n) is 4.88. The van der Waals surface area contributed by atoms with Crippen molar-refractivity contribution in [3.8, 4) is 0 Å². The van der Waals surface area contributed by atoms with Crippen LogP contribution in [-0.4, -0.2) is 10.9 Å². The number of rotatable bonds is 4. The van der Waals surface area contributed by atoms with Gasteiger partial charge in [-0.05, 0) is 49.1 Å². The van der Waals surface area contributed by atoms with Crippen LogP contribution in [0.1, 0.15) is 29.5 Å². The average Bonchev–Trinajstić information content (AvgIpc) is 3.27. The number of carbonyl (C=O) groups is 1. The highest BCUT2D eigenvalue weighted by Gasteiger charge is 2.52. The van der Waals surface area contributed by atoms with Crippen LogP contribution in [0.4, 0.5) is 4.39 Å². The Morgan fingerprint density at radius 1 is 1.25 bits per heavy atom. The molecule has 4 rings (SSSR count). The van der Waals surface area contributed by atoms with Gasteiger partial charge in [-0.25, -0.2) is 4.39 Å². The van der Waals surface area contributed by atoms with Crippen LogP contribution in [0.2, 0.25) is 0 Å². The van der Waals surface area contributed by atoms with Crippen LogP contribution in [0.3, 0.4) is 0 Å². The summed E-state index contributed by atoms with van der Waals surface area (Å²) in [5, 5.41) is 4.00. The van der Waals surface area contributed by atoms with Crippen LogP contribution in [0.15, 0.2) is 48.7 Å². The summed E-state index contributed by atoms with van der Waals surface area (Å²) in [7, 11) is 0. The van der Waals surface area contributed by atoms with Crippen LogP contribution >= 0.6 is 0 Å². The number of benzene rings is 2. The van der Waals surface area contributed by atoms with Crippen LogP contribution in [-0.2, 0) is 16.8 Å². The molecule has 1 amide bonds. The smallest absolute Gasteiger partial charge is 0.231 e. The van der Waals surface area contributed by atoms with E-state index in [9.17, 15) is 9.18 Å². The van der Waals surface area contributed by atoms with Gasteiger partial charge in [0.15, 0.2) is 0 Å². The maximum Gasteiger partial charge on any atom is 0.231 e. The molecular weight excluding hydrogens is 303 g/mol. The number of hydrogen-bond acceptors (Lipinski definition) is 1. The summed E-state index contributed by atoms with van der Waals surface area (Å²) in [6, 6.07) is 12.8. The van der Waals surface area contributed by atoms with Gasteiger partial charge in [-0.15, -0.1) is 0 Å². The largest absolute Gasteiger partial charge is 0.361 e. The third kappa shape index (κ3) is 2.48. The lowest BCUT2D eigenvalue weighted by Crippen LogP contribution is -2.34. The number of aryl methyl sites for hydroxylation is 1. The molecule has 0 spiro atoms. The second kappa shape index (κ2) is 5.48. The molecule has 0 radical (unpaired) electrons. The van der Waals surface area contributed by atoms with Crippen molar-refractivity contribution in [3.05, 3.63) is 71.2 Å². The van der Waals surface area contributed by atoms with Crippen molar-refractivity contribution in [2.75, 3.05) is 0 Å². The minimum absolute atomic E-state index is 0.0502. The number of hydrogen-bond donors (Lipinski definition) is 2. The Kier molecular flexibility index (Phi) is 3.41. The molecule has 1 saturated carbocycles. The van der Waals surface area contributed by atoms with Crippen molar-refractivity contribution >= 4 is 16.8 Å². The zero-order valence-corrected chi connectivity index (χ0v) is 13.5. The molecule has 4 heteroatoms. The van der Waals surface area contributed by atoms with Crippen LogP contribution in [0.5, 0.6) is 0 Å². The van der Waals surface area contributed by atoms with E-state index in [-0.39, 0.29) is 11.7 Å². The van der Waals surface area contributed by atoms with E-state index in [0.29, 0.717) is 6.54 Å². The quantitative estimate of drug-likeness (QED) is 0.750. The van der Waals surface area contributed by atoms with Crippen molar-refractivity contribution in [1.29, 1.82) is 0 Å². The van der Waals surface area contributed by atoms with Crippen molar-refractivity contribution in [1.82, 2.24) is 10.3 Å². The first-order valence-electron chi connectivity index (χ1n) is 8.19. The summed E-state index contributed by atoms with van der Waals surface area (Å²) in [5.74, 6) is -0.223. The number of fused-ring (bicyclic) bond motifs is 1. The van der Waals surface area contributed by atoms with Crippen LogP contribution in [0, 0.1) is 12.7 Å². The summed E-state index contributed by atoms with van der Waals surface area (Å²) < 4.78 is 13.4. The Morgan fingerprint density at radius 3 is 2.83 bits per heavy atom. The van der Waals surface area contributed by atoms with Gasteiger partial charge >= 0.3 is 0 Å². The minimum atomic E-state index is -0.472. The fourth-order valence-corrected chi connectivity index (χ4v) is 3.41. The van der Waals surface area contributed by atoms with Crippen molar-refractivity contribution in [2.45, 2.75) is 31.7 Å². The highest BCUT2D eigenvalue weighted by Crippen LogP contribution is 2.50. The Balaban J connectivity index is 1.57. The van der Waals surface area contributed by atoms with Gasteiger partial charge in [0.25, 0.3) is 0 Å². The topological polar surface area (TPSA) is 44.9 Å². The number of H-pyrrole nitrogens is 1. The van der Waals surface area contributed by atoms with E-state index in [0.717, 1.165) is 34.9 Å². The highest BCUT2D eigenvalue weighted by atomic mass is 19.1. The van der Waals surface area contributed by atoms with E-state index in [1.807, 2.05) is 31.3 Å². The average molecular weight is 322 g/mol. The monoisotopic (exact) mass is 322 g/mol. The van der Waals surface area contributed by atoms with E-state index >= 15 is 0 Å². The molecule has 1 fully saturated rings. The molecule has 0 unspecified atom stereocenters. The lowest BCUT2D eigenvalue weighted by Gasteiger charge is -2.15. The second-order valence-corrected chi connectivity index (χ2v) is 6.65. The SMILES string of the molecule is Cc1cccc(CNC(=O)C2(c3c[nH]c4cc(F)ccc34)CC2)c1. The summed E-state index contributed by atoms with van der Waals surface area (Å²) in [6.07, 6.45) is 3.51. The molecule has 1 aliphatic rings. The van der Waals surface area contributed by atoms with Gasteiger partial charge in [0, 0.05) is 23.6 Å². The lowest BCUT2D eigenvalue weighted by molar-refractivity contribution is -0.123. The van der Waals surface area contributed by atoms with Gasteiger partial charge in [0.05, 0.1) is 5.41 Å². The Labute approximate surface area is 139 Å². The zero-order valence-electron chi connectivity index (χ0n) is 13.5. The fourth-order valence-electron chi connectivity index (χ4n) is 3.41. The molecule has 122 valence electrons. The van der Waals surface area contributed by atoms with Gasteiger partial charge in [-0.3, -0.25) is 4.79 Å². The molecule has 1 aromatic heterocycles. The van der Waals surface area contributed by atoms with Gasteiger partial charge in [-0.2, -0.15) is 0 Å². The number of halogens is 1. The summed E-state index contributed by atoms with van der Waals surface area (Å²) >= 11 is 0. The molecule has 0 saturated heterocycles. The molecular formula is C20H19FN2O. The highest BCUT2D eigenvalue weighted by molar-refractivity contribution is 5.97. The summed E-state index contributed by atoms with van der Waals surface area (Å²) in [5.41, 5.74) is 3.52. The molecule has 1 heterocycles. The standard InChI is InChI=1S/C20H19FN2O/c1-13-3-2-4-14(9-13)11-23-19(24)20(7-8-20)17-12-22-18-10-15(21)5-6-16(17)18/h2-6,9-10,12,22H,7-8,11H2,1H3,(H,23,24). The molecule has 3 nitrogen and oxygen atoms in total. The first kappa shape index (κ1) is 14.9. The van der Waals surface area contributed by atoms with Crippen molar-refractivity contribution in [3.63, 3.8) is 0 Å². The van der Waals surface area contributed by atoms with Gasteiger partial charge in [0.2, 0.25) is 5.91 Å². The number of amides is 1. The number of aromatic amines is 1. The Hall–Kier alpha value is -2.62. The molecule has 2 aromatic carbocycles. The minimum Gasteiger partial charge on any atom is -0.361 e. The van der Waals surface area contributed by atoms with E-state index in [1.165, 1.54) is 17.7 Å². The first-order valence-corrected chi connectivity index (χ1v) is 8.19. The maximum atomic E-state index is 13.4. The van der Waals surface area contributed by atoms with Gasteiger partial charge < -0.3 is 10.3 Å². The molecule has 1 aliphatic carbocycles. The molecule has 3 aromatic rings. The van der Waals surface area contributed by atoms with Gasteiger partial charge in [0.1, 0.15) is 5.82 Å². The van der Waals surface area contributed by atoms with Crippen LogP contribution < -0.4 is 5.32 Å². The molecule has 24 heavy (non-hydrogen) atoms. The van der Waals surface area contributed by atoms with E-state index < -0.39 is 5.41 Å². The predicted octanol–water partition coefficient (Wildman–Crippen LogP) is 3.96. The van der Waals surface area contributed by atoms with E-state index in [4.69, 9.17) is 0 Å². The van der Waals surface area contributed by atoms with E-state index in [2.05, 4.69) is 16.4 Å². The normalized spacial score (nSPS) is 15.4. The lowest BCUT2D eigenvalue weighted by atomic mass is 9.94. The zero-order chi connectivity index (χ0) is 16.7. The number of nitrogens with one attached hydrogen (secondary N) is 2. The molecule has 2 N–H and O–H groups in total. The molecule has 0 atom stereocenters. The predicted molar refractivity (Wildman–Crippen MR) is 92.2 cm³/mol. The van der Waals surface area contributed by atoms with E-state index in [1.54, 1.807) is 6.07 Å². The Morgan fingerprint density at radius 2 is 2.08 bits per heavy atom. The number of aromatic nitrogens is 1.